The Hall–Kier alpha value is -1.10. The van der Waals surface area contributed by atoms with E-state index in [4.69, 9.17) is 5.73 Å². The second kappa shape index (κ2) is 3.53. The molecule has 0 aliphatic rings. The average molecular weight is 185 g/mol. The zero-order chi connectivity index (χ0) is 9.14. The highest BCUT2D eigenvalue weighted by Crippen LogP contribution is 2.10. The molecule has 0 aliphatic heterocycles. The Kier molecular flexibility index (Phi) is 2.65. The van der Waals surface area contributed by atoms with Gasteiger partial charge in [-0.2, -0.15) is 4.37 Å². The summed E-state index contributed by atoms with van der Waals surface area (Å²) in [6, 6.07) is 1.71. The minimum absolute atomic E-state index is 0.112. The summed E-state index contributed by atoms with van der Waals surface area (Å²) in [5, 5.41) is 2.75. The van der Waals surface area contributed by atoms with E-state index in [0.29, 0.717) is 10.7 Å². The van der Waals surface area contributed by atoms with E-state index >= 15 is 0 Å². The molecule has 1 aromatic rings. The number of nitrogen functional groups attached to an aromatic ring is 1. The van der Waals surface area contributed by atoms with Crippen LogP contribution in [0.25, 0.3) is 0 Å². The van der Waals surface area contributed by atoms with Crippen LogP contribution in [0.4, 0.5) is 5.82 Å². The van der Waals surface area contributed by atoms with E-state index in [9.17, 15) is 4.79 Å². The standard InChI is InChI=1S/C7H11N3OS/c1-4(2)9-7(11)5-3-6(8)10-12-5/h3-4H,1-2H3,(H2,8,10)(H,9,11). The molecule has 0 atom stereocenters. The van der Waals surface area contributed by atoms with E-state index in [-0.39, 0.29) is 11.9 Å². The maximum Gasteiger partial charge on any atom is 0.263 e. The number of amides is 1. The van der Waals surface area contributed by atoms with Gasteiger partial charge >= 0.3 is 0 Å². The molecule has 0 saturated heterocycles. The molecule has 0 spiro atoms. The summed E-state index contributed by atoms with van der Waals surface area (Å²) >= 11 is 1.11. The molecule has 5 heteroatoms. The number of nitrogens with two attached hydrogens (primary N) is 1. The zero-order valence-electron chi connectivity index (χ0n) is 7.00. The molecule has 0 aliphatic carbocycles. The number of carbonyl (C=O) groups is 1. The van der Waals surface area contributed by atoms with Crippen molar-refractivity contribution in [3.8, 4) is 0 Å². The maximum atomic E-state index is 11.3. The van der Waals surface area contributed by atoms with Crippen molar-refractivity contribution < 1.29 is 4.79 Å². The third-order valence-corrected chi connectivity index (χ3v) is 1.97. The quantitative estimate of drug-likeness (QED) is 0.718. The lowest BCUT2D eigenvalue weighted by Gasteiger charge is -2.04. The molecule has 0 aromatic carbocycles. The predicted molar refractivity (Wildman–Crippen MR) is 49.1 cm³/mol. The molecule has 66 valence electrons. The van der Waals surface area contributed by atoms with Crippen LogP contribution in [0.5, 0.6) is 0 Å². The topological polar surface area (TPSA) is 68.0 Å². The molecule has 1 heterocycles. The van der Waals surface area contributed by atoms with Gasteiger partial charge in [-0.1, -0.05) is 0 Å². The molecule has 0 bridgehead atoms. The van der Waals surface area contributed by atoms with Crippen molar-refractivity contribution in [1.29, 1.82) is 0 Å². The van der Waals surface area contributed by atoms with Crippen LogP contribution in [-0.4, -0.2) is 16.3 Å². The SMILES string of the molecule is CC(C)NC(=O)c1cc(N)ns1. The summed E-state index contributed by atoms with van der Waals surface area (Å²) in [6.07, 6.45) is 0. The lowest BCUT2D eigenvalue weighted by Crippen LogP contribution is -2.29. The lowest BCUT2D eigenvalue weighted by atomic mass is 10.3. The molecule has 1 rings (SSSR count). The van der Waals surface area contributed by atoms with E-state index in [1.165, 1.54) is 0 Å². The van der Waals surface area contributed by atoms with Gasteiger partial charge in [0.1, 0.15) is 10.7 Å². The fourth-order valence-electron chi connectivity index (χ4n) is 0.729. The van der Waals surface area contributed by atoms with Gasteiger partial charge in [0.2, 0.25) is 0 Å². The highest BCUT2D eigenvalue weighted by atomic mass is 32.1. The van der Waals surface area contributed by atoms with Gasteiger partial charge in [-0.25, -0.2) is 0 Å². The highest BCUT2D eigenvalue weighted by molar-refractivity contribution is 7.08. The van der Waals surface area contributed by atoms with Crippen molar-refractivity contribution in [2.24, 2.45) is 0 Å². The lowest BCUT2D eigenvalue weighted by molar-refractivity contribution is 0.0947. The van der Waals surface area contributed by atoms with Gasteiger partial charge in [-0.3, -0.25) is 4.79 Å². The van der Waals surface area contributed by atoms with Gasteiger partial charge in [0.15, 0.2) is 0 Å². The molecule has 0 unspecified atom stereocenters. The number of anilines is 1. The molecule has 0 radical (unpaired) electrons. The second-order valence-electron chi connectivity index (χ2n) is 2.74. The Balaban J connectivity index is 2.65. The van der Waals surface area contributed by atoms with Gasteiger partial charge in [-0.05, 0) is 25.4 Å². The van der Waals surface area contributed by atoms with Crippen molar-refractivity contribution >= 4 is 23.3 Å². The Morgan fingerprint density at radius 2 is 2.42 bits per heavy atom. The molecule has 1 aromatic heterocycles. The first-order valence-electron chi connectivity index (χ1n) is 3.62. The summed E-state index contributed by atoms with van der Waals surface area (Å²) in [5.74, 6) is 0.285. The van der Waals surface area contributed by atoms with Crippen molar-refractivity contribution in [2.45, 2.75) is 19.9 Å². The molecule has 0 saturated carbocycles. The molecule has 3 N–H and O–H groups in total. The van der Waals surface area contributed by atoms with Gasteiger partial charge in [0.05, 0.1) is 0 Å². The monoisotopic (exact) mass is 185 g/mol. The zero-order valence-corrected chi connectivity index (χ0v) is 7.81. The Morgan fingerprint density at radius 1 is 1.75 bits per heavy atom. The van der Waals surface area contributed by atoms with Gasteiger partial charge in [0.25, 0.3) is 5.91 Å². The first-order chi connectivity index (χ1) is 5.59. The third kappa shape index (κ3) is 2.20. The van der Waals surface area contributed by atoms with Crippen molar-refractivity contribution in [3.63, 3.8) is 0 Å². The fraction of sp³-hybridized carbons (Fsp3) is 0.429. The molecular weight excluding hydrogens is 174 g/mol. The predicted octanol–water partition coefficient (Wildman–Crippen LogP) is 0.863. The number of aromatic nitrogens is 1. The second-order valence-corrected chi connectivity index (χ2v) is 3.55. The average Bonchev–Trinajstić information content (AvgIpc) is 2.34. The minimum Gasteiger partial charge on any atom is -0.383 e. The number of hydrogen-bond acceptors (Lipinski definition) is 4. The summed E-state index contributed by atoms with van der Waals surface area (Å²) in [6.45, 7) is 3.81. The summed E-state index contributed by atoms with van der Waals surface area (Å²) < 4.78 is 3.80. The minimum atomic E-state index is -0.112. The normalized spacial score (nSPS) is 10.2. The van der Waals surface area contributed by atoms with E-state index in [0.717, 1.165) is 11.5 Å². The maximum absolute atomic E-state index is 11.3. The van der Waals surface area contributed by atoms with E-state index in [1.54, 1.807) is 6.07 Å². The Labute approximate surface area is 74.9 Å². The fourth-order valence-corrected chi connectivity index (χ4v) is 1.30. The number of nitrogens with one attached hydrogen (secondary N) is 1. The van der Waals surface area contributed by atoms with Crippen LogP contribution >= 0.6 is 11.5 Å². The van der Waals surface area contributed by atoms with Crippen molar-refractivity contribution in [2.75, 3.05) is 5.73 Å². The molecule has 12 heavy (non-hydrogen) atoms. The molecule has 1 amide bonds. The van der Waals surface area contributed by atoms with E-state index in [1.807, 2.05) is 13.8 Å². The number of rotatable bonds is 2. The van der Waals surface area contributed by atoms with Crippen LogP contribution in [0.1, 0.15) is 23.5 Å². The summed E-state index contributed by atoms with van der Waals surface area (Å²) in [5.41, 5.74) is 5.37. The first-order valence-corrected chi connectivity index (χ1v) is 4.40. The first kappa shape index (κ1) is 8.99. The van der Waals surface area contributed by atoms with Crippen molar-refractivity contribution in [1.82, 2.24) is 9.69 Å². The van der Waals surface area contributed by atoms with Crippen molar-refractivity contribution in [3.05, 3.63) is 10.9 Å². The Bertz CT molecular complexity index is 282. The van der Waals surface area contributed by atoms with Crippen LogP contribution in [0.2, 0.25) is 0 Å². The third-order valence-electron chi connectivity index (χ3n) is 1.17. The van der Waals surface area contributed by atoms with Crippen LogP contribution in [0.15, 0.2) is 6.07 Å². The van der Waals surface area contributed by atoms with Crippen LogP contribution in [0, 0.1) is 0 Å². The highest BCUT2D eigenvalue weighted by Gasteiger charge is 2.09. The Morgan fingerprint density at radius 3 is 2.83 bits per heavy atom. The van der Waals surface area contributed by atoms with Crippen LogP contribution in [-0.2, 0) is 0 Å². The number of nitrogens with zero attached hydrogens (tertiary/aromatic N) is 1. The van der Waals surface area contributed by atoms with Gasteiger partial charge < -0.3 is 11.1 Å². The van der Waals surface area contributed by atoms with Crippen LogP contribution in [0.3, 0.4) is 0 Å². The van der Waals surface area contributed by atoms with Crippen LogP contribution < -0.4 is 11.1 Å². The largest absolute Gasteiger partial charge is 0.383 e. The molecule has 4 nitrogen and oxygen atoms in total. The smallest absolute Gasteiger partial charge is 0.263 e. The summed E-state index contributed by atoms with van der Waals surface area (Å²) in [7, 11) is 0. The van der Waals surface area contributed by atoms with Gasteiger partial charge in [0, 0.05) is 12.1 Å². The van der Waals surface area contributed by atoms with E-state index in [2.05, 4.69) is 9.69 Å². The summed E-state index contributed by atoms with van der Waals surface area (Å²) in [4.78, 5) is 11.8. The van der Waals surface area contributed by atoms with Gasteiger partial charge in [-0.15, -0.1) is 0 Å². The molecular formula is C7H11N3OS. The van der Waals surface area contributed by atoms with E-state index < -0.39 is 0 Å². The number of carbonyl (C=O) groups excluding carboxylic acids is 1. The molecule has 0 fully saturated rings. The number of hydrogen-bond donors (Lipinski definition) is 2.